The van der Waals surface area contributed by atoms with Crippen molar-refractivity contribution in [2.75, 3.05) is 0 Å². The van der Waals surface area contributed by atoms with Crippen LogP contribution in [-0.2, 0) is 6.42 Å². The van der Waals surface area contributed by atoms with Gasteiger partial charge in [0.15, 0.2) is 0 Å². The highest BCUT2D eigenvalue weighted by atomic mass is 79.9. The van der Waals surface area contributed by atoms with Gasteiger partial charge in [0.2, 0.25) is 0 Å². The Balaban J connectivity index is 2.73. The van der Waals surface area contributed by atoms with Crippen LogP contribution in [0.4, 0.5) is 0 Å². The first-order valence-corrected chi connectivity index (χ1v) is 5.32. The van der Waals surface area contributed by atoms with Crippen molar-refractivity contribution in [3.63, 3.8) is 0 Å². The molecule has 78 valence electrons. The number of hydrogen-bond acceptors (Lipinski definition) is 2. The number of fused-ring (bicyclic) bond motifs is 1. The van der Waals surface area contributed by atoms with Gasteiger partial charge >= 0.3 is 5.97 Å². The third-order valence-corrected chi connectivity index (χ3v) is 2.81. The summed E-state index contributed by atoms with van der Waals surface area (Å²) in [5.74, 6) is -0.0799. The monoisotopic (exact) mass is 268 g/mol. The third-order valence-electron chi connectivity index (χ3n) is 2.23. The van der Waals surface area contributed by atoms with Crippen LogP contribution in [0.1, 0.15) is 23.1 Å². The highest BCUT2D eigenvalue weighted by Gasteiger charge is 2.10. The molecule has 2 aromatic rings. The Morgan fingerprint density at radius 2 is 2.33 bits per heavy atom. The molecule has 2 aromatic heterocycles. The van der Waals surface area contributed by atoms with Gasteiger partial charge in [-0.15, -0.1) is 0 Å². The number of halogens is 1. The highest BCUT2D eigenvalue weighted by molar-refractivity contribution is 9.10. The van der Waals surface area contributed by atoms with Gasteiger partial charge in [-0.1, -0.05) is 6.92 Å². The molecule has 0 atom stereocenters. The zero-order valence-electron chi connectivity index (χ0n) is 8.07. The summed E-state index contributed by atoms with van der Waals surface area (Å²) in [5.41, 5.74) is 1.15. The molecule has 1 N–H and O–H groups in total. The van der Waals surface area contributed by atoms with Crippen LogP contribution in [0.25, 0.3) is 5.52 Å². The molecule has 0 aliphatic rings. The number of carboxylic acid groups (broad SMARTS) is 1. The second-order valence-electron chi connectivity index (χ2n) is 3.15. The molecule has 0 radical (unpaired) electrons. The molecule has 5 heteroatoms. The first-order valence-electron chi connectivity index (χ1n) is 4.53. The van der Waals surface area contributed by atoms with Gasteiger partial charge < -0.3 is 9.51 Å². The van der Waals surface area contributed by atoms with Gasteiger partial charge in [-0.2, -0.15) is 0 Å². The lowest BCUT2D eigenvalue weighted by atomic mass is 10.3. The Morgan fingerprint density at radius 1 is 1.60 bits per heavy atom. The molecule has 15 heavy (non-hydrogen) atoms. The Morgan fingerprint density at radius 3 is 2.93 bits per heavy atom. The van der Waals surface area contributed by atoms with Crippen molar-refractivity contribution in [1.82, 2.24) is 9.38 Å². The summed E-state index contributed by atoms with van der Waals surface area (Å²) in [6, 6.07) is 3.32. The lowest BCUT2D eigenvalue weighted by molar-refractivity contribution is 0.0696. The summed E-state index contributed by atoms with van der Waals surface area (Å²) in [5, 5.41) is 8.87. The van der Waals surface area contributed by atoms with E-state index in [0.717, 1.165) is 22.4 Å². The maximum Gasteiger partial charge on any atom is 0.337 e. The fourth-order valence-electron chi connectivity index (χ4n) is 1.48. The van der Waals surface area contributed by atoms with E-state index in [4.69, 9.17) is 5.11 Å². The normalized spacial score (nSPS) is 10.8. The largest absolute Gasteiger partial charge is 0.478 e. The fourth-order valence-corrected chi connectivity index (χ4v) is 2.01. The summed E-state index contributed by atoms with van der Waals surface area (Å²) in [7, 11) is 0. The minimum atomic E-state index is -0.927. The average molecular weight is 269 g/mol. The Labute approximate surface area is 94.7 Å². The van der Waals surface area contributed by atoms with Gasteiger partial charge in [-0.05, 0) is 28.1 Å². The van der Waals surface area contributed by atoms with Crippen LogP contribution in [0, 0.1) is 0 Å². The van der Waals surface area contributed by atoms with E-state index in [-0.39, 0.29) is 5.56 Å². The number of pyridine rings is 1. The standard InChI is InChI=1S/C10H9BrN2O2/c1-2-8-12-9(11)7-4-3-6(10(14)15)5-13(7)8/h3-5H,2H2,1H3,(H,14,15). The Kier molecular flexibility index (Phi) is 2.48. The maximum atomic E-state index is 10.8. The molecule has 0 spiro atoms. The summed E-state index contributed by atoms with van der Waals surface area (Å²) in [4.78, 5) is 15.1. The second-order valence-corrected chi connectivity index (χ2v) is 3.90. The van der Waals surface area contributed by atoms with E-state index in [1.165, 1.54) is 0 Å². The summed E-state index contributed by atoms with van der Waals surface area (Å²) < 4.78 is 2.55. The van der Waals surface area contributed by atoms with E-state index in [0.29, 0.717) is 0 Å². The van der Waals surface area contributed by atoms with E-state index in [9.17, 15) is 4.79 Å². The number of carboxylic acids is 1. The van der Waals surface area contributed by atoms with Crippen LogP contribution in [0.3, 0.4) is 0 Å². The molecule has 0 amide bonds. The van der Waals surface area contributed by atoms with Crippen molar-refractivity contribution >= 4 is 27.4 Å². The van der Waals surface area contributed by atoms with Crippen molar-refractivity contribution in [3.05, 3.63) is 34.3 Å². The van der Waals surface area contributed by atoms with E-state index in [1.54, 1.807) is 22.7 Å². The second kappa shape index (κ2) is 3.66. The van der Waals surface area contributed by atoms with Crippen LogP contribution < -0.4 is 0 Å². The number of hydrogen-bond donors (Lipinski definition) is 1. The molecular weight excluding hydrogens is 260 g/mol. The van der Waals surface area contributed by atoms with Gasteiger partial charge in [-0.25, -0.2) is 9.78 Å². The summed E-state index contributed by atoms with van der Waals surface area (Å²) in [6.45, 7) is 1.98. The van der Waals surface area contributed by atoms with Gasteiger partial charge in [0.25, 0.3) is 0 Å². The lowest BCUT2D eigenvalue weighted by Gasteiger charge is -1.99. The van der Waals surface area contributed by atoms with E-state index in [1.807, 2.05) is 6.92 Å². The molecular formula is C10H9BrN2O2. The van der Waals surface area contributed by atoms with Crippen LogP contribution in [0.2, 0.25) is 0 Å². The van der Waals surface area contributed by atoms with E-state index in [2.05, 4.69) is 20.9 Å². The number of aromatic nitrogens is 2. The molecule has 0 saturated carbocycles. The van der Waals surface area contributed by atoms with Crippen molar-refractivity contribution in [1.29, 1.82) is 0 Å². The fraction of sp³-hybridized carbons (Fsp3) is 0.200. The molecule has 0 saturated heterocycles. The molecule has 2 rings (SSSR count). The summed E-state index contributed by atoms with van der Waals surface area (Å²) >= 11 is 3.34. The van der Waals surface area contributed by atoms with Gasteiger partial charge in [-0.3, -0.25) is 0 Å². The van der Waals surface area contributed by atoms with Crippen molar-refractivity contribution < 1.29 is 9.90 Å². The highest BCUT2D eigenvalue weighted by Crippen LogP contribution is 2.20. The number of aromatic carboxylic acids is 1. The SMILES string of the molecule is CCc1nc(Br)c2ccc(C(=O)O)cn12. The maximum absolute atomic E-state index is 10.8. The zero-order chi connectivity index (χ0) is 11.0. The smallest absolute Gasteiger partial charge is 0.337 e. The van der Waals surface area contributed by atoms with Crippen molar-refractivity contribution in [3.8, 4) is 0 Å². The Hall–Kier alpha value is -1.36. The molecule has 0 unspecified atom stereocenters. The lowest BCUT2D eigenvalue weighted by Crippen LogP contribution is -2.00. The predicted molar refractivity (Wildman–Crippen MR) is 59.2 cm³/mol. The number of imidazole rings is 1. The van der Waals surface area contributed by atoms with Gasteiger partial charge in [0.1, 0.15) is 10.4 Å². The van der Waals surface area contributed by atoms with Gasteiger partial charge in [0.05, 0.1) is 11.1 Å². The number of carbonyl (C=O) groups is 1. The van der Waals surface area contributed by atoms with E-state index < -0.39 is 5.97 Å². The molecule has 0 aliphatic carbocycles. The van der Waals surface area contributed by atoms with E-state index >= 15 is 0 Å². The molecule has 0 bridgehead atoms. The number of aryl methyl sites for hydroxylation is 1. The van der Waals surface area contributed by atoms with Crippen molar-refractivity contribution in [2.45, 2.75) is 13.3 Å². The molecule has 0 aromatic carbocycles. The topological polar surface area (TPSA) is 54.6 Å². The average Bonchev–Trinajstić information content (AvgIpc) is 2.55. The number of rotatable bonds is 2. The zero-order valence-corrected chi connectivity index (χ0v) is 9.65. The molecule has 2 heterocycles. The Bertz CT molecular complexity index is 533. The van der Waals surface area contributed by atoms with Crippen molar-refractivity contribution in [2.24, 2.45) is 0 Å². The quantitative estimate of drug-likeness (QED) is 0.910. The minimum Gasteiger partial charge on any atom is -0.478 e. The number of nitrogens with zero attached hydrogens (tertiary/aromatic N) is 2. The van der Waals surface area contributed by atoms with Crippen LogP contribution in [0.15, 0.2) is 22.9 Å². The molecule has 4 nitrogen and oxygen atoms in total. The first kappa shape index (κ1) is 10.2. The summed E-state index contributed by atoms with van der Waals surface area (Å²) in [6.07, 6.45) is 2.35. The first-order chi connectivity index (χ1) is 7.13. The third kappa shape index (κ3) is 1.63. The van der Waals surface area contributed by atoms with Crippen LogP contribution >= 0.6 is 15.9 Å². The molecule has 0 aliphatic heterocycles. The minimum absolute atomic E-state index is 0.266. The van der Waals surface area contributed by atoms with Crippen LogP contribution in [0.5, 0.6) is 0 Å². The van der Waals surface area contributed by atoms with Crippen LogP contribution in [-0.4, -0.2) is 20.5 Å². The van der Waals surface area contributed by atoms with Gasteiger partial charge in [0, 0.05) is 12.6 Å². The molecule has 0 fully saturated rings. The predicted octanol–water partition coefficient (Wildman–Crippen LogP) is 2.36.